The third kappa shape index (κ3) is 2.77. The van der Waals surface area contributed by atoms with Crippen LogP contribution in [0, 0.1) is 6.92 Å². The maximum atomic E-state index is 5.77. The summed E-state index contributed by atoms with van der Waals surface area (Å²) in [5.41, 5.74) is 7.27. The molecule has 0 amide bonds. The third-order valence-electron chi connectivity index (χ3n) is 3.79. The van der Waals surface area contributed by atoms with Crippen LogP contribution in [-0.2, 0) is 6.42 Å². The molecule has 0 aliphatic rings. The van der Waals surface area contributed by atoms with Gasteiger partial charge in [0.25, 0.3) is 0 Å². The zero-order valence-electron chi connectivity index (χ0n) is 12.0. The average Bonchev–Trinajstić information content (AvgIpc) is 2.53. The van der Waals surface area contributed by atoms with E-state index in [1.807, 2.05) is 37.4 Å². The predicted molar refractivity (Wildman–Crippen MR) is 84.5 cm³/mol. The van der Waals surface area contributed by atoms with Crippen LogP contribution >= 0.6 is 0 Å². The van der Waals surface area contributed by atoms with Gasteiger partial charge in [0, 0.05) is 23.5 Å². The van der Waals surface area contributed by atoms with Crippen LogP contribution in [0.5, 0.6) is 0 Å². The van der Waals surface area contributed by atoms with E-state index in [-0.39, 0.29) is 6.04 Å². The number of rotatable bonds is 4. The van der Waals surface area contributed by atoms with Crippen molar-refractivity contribution in [3.05, 3.63) is 71.7 Å². The van der Waals surface area contributed by atoms with Crippen molar-refractivity contribution in [1.29, 1.82) is 0 Å². The molecule has 0 saturated heterocycles. The van der Waals surface area contributed by atoms with Crippen LogP contribution in [0.1, 0.15) is 22.9 Å². The minimum atomic E-state index is 0.0320. The van der Waals surface area contributed by atoms with Crippen LogP contribution in [0.3, 0.4) is 0 Å². The summed E-state index contributed by atoms with van der Waals surface area (Å²) >= 11 is 0. The molecular weight excluding hydrogens is 260 g/mol. The lowest BCUT2D eigenvalue weighted by Crippen LogP contribution is -2.30. The molecule has 3 aromatic rings. The number of para-hydroxylation sites is 1. The fourth-order valence-electron chi connectivity index (χ4n) is 2.68. The summed E-state index contributed by atoms with van der Waals surface area (Å²) < 4.78 is 0. The average molecular weight is 278 g/mol. The van der Waals surface area contributed by atoms with Gasteiger partial charge in [0.2, 0.25) is 0 Å². The summed E-state index contributed by atoms with van der Waals surface area (Å²) in [7, 11) is 0. The molecule has 2 aromatic heterocycles. The number of aryl methyl sites for hydroxylation is 1. The van der Waals surface area contributed by atoms with Crippen LogP contribution in [0.2, 0.25) is 0 Å². The molecule has 0 spiro atoms. The van der Waals surface area contributed by atoms with Crippen LogP contribution in [0.15, 0.2) is 54.9 Å². The summed E-state index contributed by atoms with van der Waals surface area (Å²) in [4.78, 5) is 8.75. The Morgan fingerprint density at radius 1 is 1.05 bits per heavy atom. The van der Waals surface area contributed by atoms with Gasteiger partial charge in [0.1, 0.15) is 0 Å². The predicted octanol–water partition coefficient (Wildman–Crippen LogP) is 2.69. The summed E-state index contributed by atoms with van der Waals surface area (Å²) in [6, 6.07) is 14.3. The second-order valence-electron chi connectivity index (χ2n) is 5.09. The first-order valence-electron chi connectivity index (χ1n) is 7.00. The van der Waals surface area contributed by atoms with Crippen molar-refractivity contribution < 1.29 is 0 Å². The molecule has 21 heavy (non-hydrogen) atoms. The van der Waals surface area contributed by atoms with E-state index in [4.69, 9.17) is 5.84 Å². The summed E-state index contributed by atoms with van der Waals surface area (Å²) in [5, 5.41) is 1.17. The van der Waals surface area contributed by atoms with Gasteiger partial charge in [0.05, 0.1) is 11.6 Å². The summed E-state index contributed by atoms with van der Waals surface area (Å²) in [5.74, 6) is 5.77. The smallest absolute Gasteiger partial charge is 0.0704 e. The van der Waals surface area contributed by atoms with Crippen molar-refractivity contribution in [2.24, 2.45) is 5.84 Å². The molecule has 4 nitrogen and oxygen atoms in total. The largest absolute Gasteiger partial charge is 0.271 e. The lowest BCUT2D eigenvalue weighted by Gasteiger charge is -2.18. The van der Waals surface area contributed by atoms with Gasteiger partial charge in [-0.1, -0.05) is 24.3 Å². The molecule has 3 rings (SSSR count). The Labute approximate surface area is 124 Å². The maximum Gasteiger partial charge on any atom is 0.0704 e. The highest BCUT2D eigenvalue weighted by Crippen LogP contribution is 2.24. The normalized spacial score (nSPS) is 12.5. The molecule has 0 aliphatic carbocycles. The number of nitrogens with two attached hydrogens (primary N) is 1. The number of aromatic nitrogens is 2. The molecule has 1 aromatic carbocycles. The fraction of sp³-hybridized carbons (Fsp3) is 0.176. The highest BCUT2D eigenvalue weighted by Gasteiger charge is 2.14. The van der Waals surface area contributed by atoms with E-state index in [1.165, 1.54) is 10.9 Å². The zero-order valence-corrected chi connectivity index (χ0v) is 12.0. The van der Waals surface area contributed by atoms with Gasteiger partial charge in [0.15, 0.2) is 0 Å². The van der Waals surface area contributed by atoms with Crippen molar-refractivity contribution >= 4 is 10.9 Å². The first kappa shape index (κ1) is 13.7. The quantitative estimate of drug-likeness (QED) is 0.569. The van der Waals surface area contributed by atoms with Crippen LogP contribution < -0.4 is 11.3 Å². The van der Waals surface area contributed by atoms with Crippen molar-refractivity contribution in [3.63, 3.8) is 0 Å². The Hall–Kier alpha value is -2.30. The van der Waals surface area contributed by atoms with Crippen molar-refractivity contribution in [2.45, 2.75) is 19.4 Å². The zero-order chi connectivity index (χ0) is 14.7. The minimum Gasteiger partial charge on any atom is -0.271 e. The Balaban J connectivity index is 1.98. The Kier molecular flexibility index (Phi) is 3.90. The Morgan fingerprint density at radius 2 is 1.90 bits per heavy atom. The standard InChI is InChI=1S/C17H18N4/c1-12-14(6-4-9-19-12)17(21-18)11-13-8-10-20-16-7-3-2-5-15(13)16/h2-10,17,21H,11,18H2,1H3. The topological polar surface area (TPSA) is 63.8 Å². The van der Waals surface area contributed by atoms with E-state index >= 15 is 0 Å². The van der Waals surface area contributed by atoms with Gasteiger partial charge in [-0.3, -0.25) is 21.2 Å². The lowest BCUT2D eigenvalue weighted by atomic mass is 9.96. The molecule has 0 aliphatic heterocycles. The number of nitrogens with one attached hydrogen (secondary N) is 1. The highest BCUT2D eigenvalue weighted by atomic mass is 15.2. The number of hydrogen-bond acceptors (Lipinski definition) is 4. The monoisotopic (exact) mass is 278 g/mol. The van der Waals surface area contributed by atoms with E-state index in [2.05, 4.69) is 33.6 Å². The van der Waals surface area contributed by atoms with Gasteiger partial charge in [-0.15, -0.1) is 0 Å². The molecule has 0 radical (unpaired) electrons. The first-order chi connectivity index (χ1) is 10.3. The van der Waals surface area contributed by atoms with E-state index < -0.39 is 0 Å². The van der Waals surface area contributed by atoms with E-state index in [9.17, 15) is 0 Å². The molecule has 3 N–H and O–H groups in total. The number of benzene rings is 1. The van der Waals surface area contributed by atoms with E-state index in [0.29, 0.717) is 0 Å². The Bertz CT molecular complexity index is 749. The number of nitrogens with zero attached hydrogens (tertiary/aromatic N) is 2. The third-order valence-corrected chi connectivity index (χ3v) is 3.79. The summed E-state index contributed by atoms with van der Waals surface area (Å²) in [6.07, 6.45) is 4.45. The molecule has 0 bridgehead atoms. The van der Waals surface area contributed by atoms with Crippen molar-refractivity contribution in [1.82, 2.24) is 15.4 Å². The molecular formula is C17H18N4. The first-order valence-corrected chi connectivity index (χ1v) is 7.00. The molecule has 2 heterocycles. The second-order valence-corrected chi connectivity index (χ2v) is 5.09. The SMILES string of the molecule is Cc1ncccc1C(Cc1ccnc2ccccc12)NN. The van der Waals surface area contributed by atoms with E-state index in [1.54, 1.807) is 6.20 Å². The lowest BCUT2D eigenvalue weighted by molar-refractivity contribution is 0.548. The number of pyridine rings is 2. The molecule has 0 fully saturated rings. The number of hydrazine groups is 1. The molecule has 4 heteroatoms. The van der Waals surface area contributed by atoms with E-state index in [0.717, 1.165) is 23.2 Å². The minimum absolute atomic E-state index is 0.0320. The van der Waals surface area contributed by atoms with Gasteiger partial charge < -0.3 is 0 Å². The van der Waals surface area contributed by atoms with Crippen molar-refractivity contribution in [2.75, 3.05) is 0 Å². The highest BCUT2D eigenvalue weighted by molar-refractivity contribution is 5.81. The number of fused-ring (bicyclic) bond motifs is 1. The van der Waals surface area contributed by atoms with Gasteiger partial charge in [-0.25, -0.2) is 0 Å². The molecule has 106 valence electrons. The fourth-order valence-corrected chi connectivity index (χ4v) is 2.68. The van der Waals surface area contributed by atoms with Gasteiger partial charge in [-0.2, -0.15) is 0 Å². The molecule has 1 atom stereocenters. The van der Waals surface area contributed by atoms with Gasteiger partial charge in [-0.05, 0) is 42.7 Å². The molecule has 0 saturated carbocycles. The van der Waals surface area contributed by atoms with Crippen LogP contribution in [0.4, 0.5) is 0 Å². The molecule has 1 unspecified atom stereocenters. The second kappa shape index (κ2) is 5.99. The van der Waals surface area contributed by atoms with Gasteiger partial charge >= 0.3 is 0 Å². The van der Waals surface area contributed by atoms with Crippen LogP contribution in [-0.4, -0.2) is 9.97 Å². The maximum absolute atomic E-state index is 5.77. The number of hydrogen-bond donors (Lipinski definition) is 2. The van der Waals surface area contributed by atoms with Crippen molar-refractivity contribution in [3.8, 4) is 0 Å². The summed E-state index contributed by atoms with van der Waals surface area (Å²) in [6.45, 7) is 2.00. The Morgan fingerprint density at radius 3 is 2.71 bits per heavy atom. The van der Waals surface area contributed by atoms with Crippen LogP contribution in [0.25, 0.3) is 10.9 Å².